The first-order valence-corrected chi connectivity index (χ1v) is 8.04. The van der Waals surface area contributed by atoms with Gasteiger partial charge in [0.1, 0.15) is 4.21 Å². The van der Waals surface area contributed by atoms with Crippen LogP contribution in [0, 0.1) is 10.1 Å². The van der Waals surface area contributed by atoms with E-state index >= 15 is 0 Å². The van der Waals surface area contributed by atoms with E-state index in [0.717, 1.165) is 17.4 Å². The molecule has 2 aromatic heterocycles. The van der Waals surface area contributed by atoms with Gasteiger partial charge in [0, 0.05) is 25.9 Å². The molecule has 0 bridgehead atoms. The summed E-state index contributed by atoms with van der Waals surface area (Å²) in [6, 6.07) is 1.04. The summed E-state index contributed by atoms with van der Waals surface area (Å²) in [4.78, 5) is 10.2. The van der Waals surface area contributed by atoms with Crippen molar-refractivity contribution in [2.24, 2.45) is 0 Å². The average Bonchev–Trinajstić information content (AvgIpc) is 3.07. The average molecular weight is 332 g/mol. The van der Waals surface area contributed by atoms with Crippen LogP contribution < -0.4 is 10.0 Å². The number of hydrogen-bond acceptors (Lipinski definition) is 8. The topological polar surface area (TPSA) is 132 Å². The zero-order valence-electron chi connectivity index (χ0n) is 10.9. The van der Waals surface area contributed by atoms with Crippen molar-refractivity contribution in [3.63, 3.8) is 0 Å². The van der Waals surface area contributed by atoms with Gasteiger partial charge in [-0.05, 0) is 0 Å². The molecule has 21 heavy (non-hydrogen) atoms. The Morgan fingerprint density at radius 1 is 1.52 bits per heavy atom. The maximum absolute atomic E-state index is 12.1. The van der Waals surface area contributed by atoms with E-state index in [1.165, 1.54) is 17.9 Å². The molecular formula is C9H12N6O4S2. The molecule has 0 atom stereocenters. The van der Waals surface area contributed by atoms with Gasteiger partial charge in [-0.1, -0.05) is 16.6 Å². The summed E-state index contributed by atoms with van der Waals surface area (Å²) >= 11 is 0.805. The molecule has 12 heteroatoms. The van der Waals surface area contributed by atoms with Crippen molar-refractivity contribution in [2.45, 2.75) is 10.8 Å². The second-order valence-electron chi connectivity index (χ2n) is 3.85. The molecule has 114 valence electrons. The second-order valence-corrected chi connectivity index (χ2v) is 6.90. The van der Waals surface area contributed by atoms with Crippen LogP contribution >= 0.6 is 11.3 Å². The first-order valence-electron chi connectivity index (χ1n) is 5.74. The number of rotatable bonds is 7. The highest BCUT2D eigenvalue weighted by atomic mass is 32.2. The largest absolute Gasteiger partial charge is 0.374 e. The highest BCUT2D eigenvalue weighted by Crippen LogP contribution is 2.36. The maximum atomic E-state index is 12.1. The Morgan fingerprint density at radius 2 is 2.29 bits per heavy atom. The molecule has 0 aromatic carbocycles. The molecule has 0 saturated carbocycles. The molecule has 0 aliphatic rings. The van der Waals surface area contributed by atoms with E-state index in [4.69, 9.17) is 0 Å². The molecule has 10 nitrogen and oxygen atoms in total. The lowest BCUT2D eigenvalue weighted by Crippen LogP contribution is -2.27. The lowest BCUT2D eigenvalue weighted by atomic mass is 10.5. The number of nitro groups is 1. The van der Waals surface area contributed by atoms with Crippen LogP contribution in [0.5, 0.6) is 0 Å². The van der Waals surface area contributed by atoms with E-state index < -0.39 is 14.9 Å². The summed E-state index contributed by atoms with van der Waals surface area (Å²) < 4.78 is 27.9. The lowest BCUT2D eigenvalue weighted by Gasteiger charge is -2.03. The van der Waals surface area contributed by atoms with E-state index in [9.17, 15) is 18.5 Å². The summed E-state index contributed by atoms with van der Waals surface area (Å²) in [5, 5.41) is 20.9. The third kappa shape index (κ3) is 3.53. The first kappa shape index (κ1) is 15.3. The number of anilines is 1. The van der Waals surface area contributed by atoms with Gasteiger partial charge < -0.3 is 5.32 Å². The second kappa shape index (κ2) is 6.15. The molecule has 2 heterocycles. The Morgan fingerprint density at radius 3 is 2.81 bits per heavy atom. The Labute approximate surface area is 124 Å². The van der Waals surface area contributed by atoms with Crippen LogP contribution in [0.4, 0.5) is 10.7 Å². The fraction of sp³-hybridized carbons (Fsp3) is 0.333. The summed E-state index contributed by atoms with van der Waals surface area (Å²) in [6.07, 6.45) is 3.08. The fourth-order valence-electron chi connectivity index (χ4n) is 1.52. The SMILES string of the molecule is CNc1sc(S(=O)(=O)NCCn2ccnn2)cc1[N+](=O)[O-]. The molecule has 0 radical (unpaired) electrons. The van der Waals surface area contributed by atoms with Crippen molar-refractivity contribution in [1.29, 1.82) is 0 Å². The highest BCUT2D eigenvalue weighted by molar-refractivity contribution is 7.91. The van der Waals surface area contributed by atoms with Gasteiger partial charge in [-0.25, -0.2) is 13.1 Å². The predicted octanol–water partition coefficient (Wildman–Crippen LogP) is 0.268. The van der Waals surface area contributed by atoms with Crippen LogP contribution in [0.2, 0.25) is 0 Å². The summed E-state index contributed by atoms with van der Waals surface area (Å²) in [6.45, 7) is 0.415. The molecule has 0 aliphatic carbocycles. The number of nitrogens with one attached hydrogen (secondary N) is 2. The zero-order chi connectivity index (χ0) is 15.5. The monoisotopic (exact) mass is 332 g/mol. The van der Waals surface area contributed by atoms with Crippen LogP contribution in [0.1, 0.15) is 0 Å². The van der Waals surface area contributed by atoms with Crippen LogP contribution in [0.3, 0.4) is 0 Å². The van der Waals surface area contributed by atoms with Crippen LogP contribution in [0.25, 0.3) is 0 Å². The molecule has 0 spiro atoms. The van der Waals surface area contributed by atoms with Gasteiger partial charge in [-0.2, -0.15) is 0 Å². The number of hydrogen-bond donors (Lipinski definition) is 2. The van der Waals surface area contributed by atoms with Crippen LogP contribution in [-0.2, 0) is 16.6 Å². The van der Waals surface area contributed by atoms with Gasteiger partial charge in [-0.3, -0.25) is 14.8 Å². The third-order valence-corrected chi connectivity index (χ3v) is 5.56. The van der Waals surface area contributed by atoms with E-state index in [1.54, 1.807) is 6.20 Å². The first-order chi connectivity index (χ1) is 9.94. The molecule has 0 unspecified atom stereocenters. The van der Waals surface area contributed by atoms with Crippen molar-refractivity contribution in [2.75, 3.05) is 18.9 Å². The smallest absolute Gasteiger partial charge is 0.304 e. The van der Waals surface area contributed by atoms with Crippen molar-refractivity contribution in [3.05, 3.63) is 28.6 Å². The minimum Gasteiger partial charge on any atom is -0.374 e. The van der Waals surface area contributed by atoms with Gasteiger partial charge in [0.05, 0.1) is 17.7 Å². The number of thiophene rings is 1. The Bertz CT molecular complexity index is 724. The summed E-state index contributed by atoms with van der Waals surface area (Å²) in [5.74, 6) is 0. The van der Waals surface area contributed by atoms with Gasteiger partial charge in [0.15, 0.2) is 5.00 Å². The molecular weight excluding hydrogens is 320 g/mol. The molecule has 0 fully saturated rings. The normalized spacial score (nSPS) is 11.5. The van der Waals surface area contributed by atoms with Crippen molar-refractivity contribution >= 4 is 32.0 Å². The molecule has 2 rings (SSSR count). The van der Waals surface area contributed by atoms with Gasteiger partial charge in [-0.15, -0.1) is 5.10 Å². The molecule has 0 aliphatic heterocycles. The van der Waals surface area contributed by atoms with E-state index in [0.29, 0.717) is 6.54 Å². The van der Waals surface area contributed by atoms with Crippen LogP contribution in [0.15, 0.2) is 22.7 Å². The Balaban J connectivity index is 2.10. The maximum Gasteiger partial charge on any atom is 0.304 e. The number of sulfonamides is 1. The van der Waals surface area contributed by atoms with Gasteiger partial charge in [0.2, 0.25) is 10.0 Å². The molecule has 2 aromatic rings. The van der Waals surface area contributed by atoms with E-state index in [2.05, 4.69) is 20.4 Å². The van der Waals surface area contributed by atoms with Gasteiger partial charge in [0.25, 0.3) is 0 Å². The number of aromatic nitrogens is 3. The van der Waals surface area contributed by atoms with Crippen molar-refractivity contribution < 1.29 is 13.3 Å². The Hall–Kier alpha value is -2.05. The van der Waals surface area contributed by atoms with E-state index in [1.807, 2.05) is 0 Å². The lowest BCUT2D eigenvalue weighted by molar-refractivity contribution is -0.383. The van der Waals surface area contributed by atoms with Crippen molar-refractivity contribution in [1.82, 2.24) is 19.7 Å². The summed E-state index contributed by atoms with van der Waals surface area (Å²) in [5.41, 5.74) is -0.265. The van der Waals surface area contributed by atoms with Gasteiger partial charge >= 0.3 is 5.69 Å². The predicted molar refractivity (Wildman–Crippen MR) is 75.7 cm³/mol. The molecule has 0 saturated heterocycles. The Kier molecular flexibility index (Phi) is 4.50. The quantitative estimate of drug-likeness (QED) is 0.549. The molecule has 0 amide bonds. The van der Waals surface area contributed by atoms with Crippen LogP contribution in [-0.4, -0.2) is 41.9 Å². The minimum absolute atomic E-state index is 0.103. The third-order valence-electron chi connectivity index (χ3n) is 2.48. The number of nitrogens with zero attached hydrogens (tertiary/aromatic N) is 4. The van der Waals surface area contributed by atoms with Crippen molar-refractivity contribution in [3.8, 4) is 0 Å². The summed E-state index contributed by atoms with van der Waals surface area (Å²) in [7, 11) is -2.30. The standard InChI is InChI=1S/C9H12N6O4S2/c1-10-9-7(15(16)17)6-8(20-9)21(18,19)12-3-5-14-4-2-11-13-14/h2,4,6,10,12H,3,5H2,1H3. The van der Waals surface area contributed by atoms with E-state index in [-0.39, 0.29) is 21.4 Å². The fourth-order valence-corrected chi connectivity index (χ4v) is 3.87. The minimum atomic E-state index is -3.80. The molecule has 2 N–H and O–H groups in total. The zero-order valence-corrected chi connectivity index (χ0v) is 12.5. The highest BCUT2D eigenvalue weighted by Gasteiger charge is 2.25.